The second-order valence-electron chi connectivity index (χ2n) is 10.4. The van der Waals surface area contributed by atoms with E-state index in [1.165, 1.54) is 58.3 Å². The Morgan fingerprint density at radius 1 is 0.970 bits per heavy atom. The van der Waals surface area contributed by atoms with Crippen molar-refractivity contribution in [1.29, 1.82) is 0 Å². The van der Waals surface area contributed by atoms with E-state index in [-0.39, 0.29) is 35.4 Å². The third kappa shape index (κ3) is 7.67. The van der Waals surface area contributed by atoms with Gasteiger partial charge in [-0.05, 0) is 78.7 Å². The largest absolute Gasteiger partial charge is 0.357 e. The molecule has 4 fully saturated rings. The van der Waals surface area contributed by atoms with Gasteiger partial charge in [0.15, 0.2) is 5.96 Å². The number of amides is 1. The van der Waals surface area contributed by atoms with E-state index in [0.717, 1.165) is 58.1 Å². The minimum atomic E-state index is 0. The molecule has 3 aliphatic heterocycles. The highest BCUT2D eigenvalue weighted by atomic mass is 127. The van der Waals surface area contributed by atoms with Crippen LogP contribution in [0.2, 0.25) is 0 Å². The van der Waals surface area contributed by atoms with E-state index < -0.39 is 0 Å². The number of guanidine groups is 1. The Morgan fingerprint density at radius 3 is 2.24 bits per heavy atom. The van der Waals surface area contributed by atoms with Gasteiger partial charge in [-0.3, -0.25) is 19.6 Å². The summed E-state index contributed by atoms with van der Waals surface area (Å²) in [5.74, 6) is 1.25. The molecule has 3 saturated heterocycles. The molecule has 1 saturated carbocycles. The third-order valence-corrected chi connectivity index (χ3v) is 7.78. The average Bonchev–Trinajstić information content (AvgIpc) is 3.63. The van der Waals surface area contributed by atoms with E-state index in [0.29, 0.717) is 12.6 Å². The van der Waals surface area contributed by atoms with Crippen molar-refractivity contribution < 1.29 is 4.79 Å². The molecule has 0 unspecified atom stereocenters. The zero-order valence-electron chi connectivity index (χ0n) is 20.9. The second kappa shape index (κ2) is 12.9. The van der Waals surface area contributed by atoms with Crippen molar-refractivity contribution in [2.24, 2.45) is 4.99 Å². The van der Waals surface area contributed by atoms with Crippen molar-refractivity contribution in [3.8, 4) is 0 Å². The Hall–Kier alpha value is -0.650. The Kier molecular flexibility index (Phi) is 10.5. The fourth-order valence-electron chi connectivity index (χ4n) is 5.45. The van der Waals surface area contributed by atoms with E-state index >= 15 is 0 Å². The van der Waals surface area contributed by atoms with Gasteiger partial charge in [0, 0.05) is 44.3 Å². The summed E-state index contributed by atoms with van der Waals surface area (Å²) in [7, 11) is 2.25. The smallest absolute Gasteiger partial charge is 0.234 e. The standard InChI is InChI=1S/C24H45N7O.HI/c1-3-25-23(30-17-15-29(16-18-30)19-22(32)27-21-7-8-21)26-20-24(9-13-28(2)14-10-24)31-11-5-4-6-12-31;/h21H,3-20H2,1-2H3,(H,25,26)(H,27,32);1H. The van der Waals surface area contributed by atoms with E-state index in [2.05, 4.69) is 44.2 Å². The van der Waals surface area contributed by atoms with Gasteiger partial charge in [-0.2, -0.15) is 0 Å². The molecule has 1 aliphatic carbocycles. The van der Waals surface area contributed by atoms with Crippen LogP contribution in [-0.2, 0) is 4.79 Å². The maximum absolute atomic E-state index is 12.2. The number of piperidine rings is 2. The van der Waals surface area contributed by atoms with Gasteiger partial charge in [0.1, 0.15) is 0 Å². The van der Waals surface area contributed by atoms with Crippen LogP contribution in [0.4, 0.5) is 0 Å². The highest BCUT2D eigenvalue weighted by molar-refractivity contribution is 14.0. The van der Waals surface area contributed by atoms with Gasteiger partial charge in [-0.25, -0.2) is 0 Å². The summed E-state index contributed by atoms with van der Waals surface area (Å²) in [6, 6.07) is 0.447. The van der Waals surface area contributed by atoms with Crippen LogP contribution in [0.1, 0.15) is 51.9 Å². The van der Waals surface area contributed by atoms with Gasteiger partial charge < -0.3 is 20.4 Å². The number of nitrogens with one attached hydrogen (secondary N) is 2. The molecule has 0 radical (unpaired) electrons. The molecule has 0 atom stereocenters. The highest BCUT2D eigenvalue weighted by Gasteiger charge is 2.39. The number of aliphatic imine (C=N–C) groups is 1. The lowest BCUT2D eigenvalue weighted by molar-refractivity contribution is -0.122. The van der Waals surface area contributed by atoms with Crippen LogP contribution in [0, 0.1) is 0 Å². The van der Waals surface area contributed by atoms with Crippen LogP contribution >= 0.6 is 24.0 Å². The Balaban J connectivity index is 0.00000306. The molecule has 0 aromatic carbocycles. The van der Waals surface area contributed by atoms with E-state index in [1.54, 1.807) is 0 Å². The monoisotopic (exact) mass is 575 g/mol. The Morgan fingerprint density at radius 2 is 1.64 bits per heavy atom. The van der Waals surface area contributed by atoms with Crippen LogP contribution in [0.5, 0.6) is 0 Å². The molecular formula is C24H46IN7O. The minimum Gasteiger partial charge on any atom is -0.357 e. The molecule has 4 rings (SSSR count). The lowest BCUT2D eigenvalue weighted by atomic mass is 9.84. The number of carbonyl (C=O) groups is 1. The molecule has 0 spiro atoms. The number of carbonyl (C=O) groups excluding carboxylic acids is 1. The predicted molar refractivity (Wildman–Crippen MR) is 145 cm³/mol. The van der Waals surface area contributed by atoms with Gasteiger partial charge in [0.2, 0.25) is 5.91 Å². The Bertz CT molecular complexity index is 635. The Labute approximate surface area is 217 Å². The van der Waals surface area contributed by atoms with E-state index in [9.17, 15) is 4.79 Å². The molecule has 33 heavy (non-hydrogen) atoms. The van der Waals surface area contributed by atoms with Crippen molar-refractivity contribution in [3.63, 3.8) is 0 Å². The zero-order chi connectivity index (χ0) is 22.4. The van der Waals surface area contributed by atoms with Crippen LogP contribution < -0.4 is 10.6 Å². The lowest BCUT2D eigenvalue weighted by Crippen LogP contribution is -2.59. The molecule has 9 heteroatoms. The number of nitrogens with zero attached hydrogens (tertiary/aromatic N) is 5. The number of rotatable bonds is 7. The summed E-state index contributed by atoms with van der Waals surface area (Å²) in [5.41, 5.74) is 0.219. The van der Waals surface area contributed by atoms with E-state index in [1.807, 2.05) is 0 Å². The summed E-state index contributed by atoms with van der Waals surface area (Å²) >= 11 is 0. The number of likely N-dealkylation sites (tertiary alicyclic amines) is 2. The molecule has 190 valence electrons. The number of halogens is 1. The lowest BCUT2D eigenvalue weighted by Gasteiger charge is -2.49. The van der Waals surface area contributed by atoms with Crippen molar-refractivity contribution >= 4 is 35.8 Å². The molecule has 4 aliphatic rings. The molecule has 2 N–H and O–H groups in total. The quantitative estimate of drug-likeness (QED) is 0.272. The molecule has 8 nitrogen and oxygen atoms in total. The summed E-state index contributed by atoms with van der Waals surface area (Å²) in [6.45, 7) is 13.0. The number of hydrogen-bond acceptors (Lipinski definition) is 5. The van der Waals surface area contributed by atoms with Gasteiger partial charge in [0.25, 0.3) is 0 Å². The third-order valence-electron chi connectivity index (χ3n) is 7.78. The van der Waals surface area contributed by atoms with Crippen LogP contribution in [0.25, 0.3) is 0 Å². The summed E-state index contributed by atoms with van der Waals surface area (Å²) in [4.78, 5) is 27.3. The molecule has 0 aromatic heterocycles. The molecule has 0 bridgehead atoms. The maximum Gasteiger partial charge on any atom is 0.234 e. The minimum absolute atomic E-state index is 0. The first-order chi connectivity index (χ1) is 15.6. The van der Waals surface area contributed by atoms with Gasteiger partial charge in [-0.1, -0.05) is 6.42 Å². The average molecular weight is 576 g/mol. The van der Waals surface area contributed by atoms with Gasteiger partial charge in [-0.15, -0.1) is 24.0 Å². The van der Waals surface area contributed by atoms with Crippen molar-refractivity contribution in [2.75, 3.05) is 79.0 Å². The summed E-state index contributed by atoms with van der Waals surface area (Å²) in [5, 5.41) is 6.67. The number of piperazine rings is 1. The van der Waals surface area contributed by atoms with Gasteiger partial charge >= 0.3 is 0 Å². The van der Waals surface area contributed by atoms with Crippen molar-refractivity contribution in [1.82, 2.24) is 30.2 Å². The fraction of sp³-hybridized carbons (Fsp3) is 0.917. The topological polar surface area (TPSA) is 66.5 Å². The maximum atomic E-state index is 12.2. The highest BCUT2D eigenvalue weighted by Crippen LogP contribution is 2.32. The molecule has 0 aromatic rings. The fourth-order valence-corrected chi connectivity index (χ4v) is 5.45. The first-order valence-corrected chi connectivity index (χ1v) is 13.1. The molecule has 3 heterocycles. The summed E-state index contributed by atoms with van der Waals surface area (Å²) in [6.07, 6.45) is 8.78. The van der Waals surface area contributed by atoms with E-state index in [4.69, 9.17) is 4.99 Å². The normalized spacial score (nSPS) is 25.4. The number of hydrogen-bond donors (Lipinski definition) is 2. The molecule has 1 amide bonds. The summed E-state index contributed by atoms with van der Waals surface area (Å²) < 4.78 is 0. The second-order valence-corrected chi connectivity index (χ2v) is 10.4. The van der Waals surface area contributed by atoms with Crippen LogP contribution in [0.15, 0.2) is 4.99 Å². The first kappa shape index (κ1) is 26.9. The van der Waals surface area contributed by atoms with Crippen molar-refractivity contribution in [2.45, 2.75) is 63.5 Å². The SMILES string of the molecule is CCNC(=NCC1(N2CCCCC2)CCN(C)CC1)N1CCN(CC(=O)NC2CC2)CC1.I. The van der Waals surface area contributed by atoms with Crippen LogP contribution in [0.3, 0.4) is 0 Å². The molecular weight excluding hydrogens is 529 g/mol. The predicted octanol–water partition coefficient (Wildman–Crippen LogP) is 1.42. The first-order valence-electron chi connectivity index (χ1n) is 13.1. The van der Waals surface area contributed by atoms with Crippen molar-refractivity contribution in [3.05, 3.63) is 0 Å². The van der Waals surface area contributed by atoms with Gasteiger partial charge in [0.05, 0.1) is 13.1 Å². The zero-order valence-corrected chi connectivity index (χ0v) is 23.2. The van der Waals surface area contributed by atoms with Crippen LogP contribution in [-0.4, -0.2) is 122 Å².